The predicted molar refractivity (Wildman–Crippen MR) is 85.9 cm³/mol. The molecule has 0 spiro atoms. The third-order valence-corrected chi connectivity index (χ3v) is 8.80. The van der Waals surface area contributed by atoms with E-state index in [4.69, 9.17) is 0 Å². The van der Waals surface area contributed by atoms with Crippen molar-refractivity contribution in [3.05, 3.63) is 0 Å². The van der Waals surface area contributed by atoms with Gasteiger partial charge in [0.15, 0.2) is 0 Å². The number of ketones is 1. The lowest BCUT2D eigenvalue weighted by Gasteiger charge is -2.67. The zero-order valence-corrected chi connectivity index (χ0v) is 14.2. The molecule has 21 heavy (non-hydrogen) atoms. The maximum absolute atomic E-state index is 11.9. The first-order valence-corrected chi connectivity index (χ1v) is 9.47. The molecule has 0 heterocycles. The van der Waals surface area contributed by atoms with E-state index in [9.17, 15) is 4.79 Å². The Bertz CT molecular complexity index is 455. The summed E-state index contributed by atoms with van der Waals surface area (Å²) in [6, 6.07) is 0. The number of Topliss-reactive ketones (excluding diaryl/α,β-unsaturated/α-hetero) is 1. The first-order chi connectivity index (χ1) is 9.97. The van der Waals surface area contributed by atoms with Gasteiger partial charge in [-0.1, -0.05) is 26.7 Å². The minimum absolute atomic E-state index is 0.366. The Balaban J connectivity index is 1.60. The highest BCUT2D eigenvalue weighted by molar-refractivity contribution is 5.80. The third kappa shape index (κ3) is 1.78. The molecule has 0 aromatic carbocycles. The molecule has 0 aliphatic heterocycles. The number of carbonyl (C=O) groups is 1. The molecule has 1 heteroatoms. The van der Waals surface area contributed by atoms with Crippen molar-refractivity contribution in [2.24, 2.45) is 40.4 Å². The van der Waals surface area contributed by atoms with Gasteiger partial charge in [-0.15, -0.1) is 0 Å². The lowest BCUT2D eigenvalue weighted by atomic mass is 9.37. The summed E-state index contributed by atoms with van der Waals surface area (Å²) in [6.45, 7) is 6.91. The topological polar surface area (TPSA) is 17.1 Å². The molecule has 4 aliphatic rings. The van der Waals surface area contributed by atoms with Gasteiger partial charge in [0.2, 0.25) is 0 Å². The summed E-state index contributed by atoms with van der Waals surface area (Å²) >= 11 is 0. The summed E-state index contributed by atoms with van der Waals surface area (Å²) in [4.78, 5) is 11.9. The zero-order chi connectivity index (χ0) is 14.8. The van der Waals surface area contributed by atoms with E-state index in [1.54, 1.807) is 0 Å². The Hall–Kier alpha value is -0.330. The van der Waals surface area contributed by atoms with Crippen LogP contribution in [0.4, 0.5) is 0 Å². The molecule has 0 unspecified atom stereocenters. The number of carbonyl (C=O) groups excluding carboxylic acids is 1. The first kappa shape index (κ1) is 14.3. The van der Waals surface area contributed by atoms with Gasteiger partial charge in [0.05, 0.1) is 0 Å². The number of hydrogen-bond donors (Lipinski definition) is 0. The van der Waals surface area contributed by atoms with E-state index >= 15 is 0 Å². The third-order valence-electron chi connectivity index (χ3n) is 8.80. The molecule has 1 nitrogen and oxygen atoms in total. The van der Waals surface area contributed by atoms with Crippen LogP contribution in [0, 0.1) is 40.4 Å². The Morgan fingerprint density at radius 2 is 1.71 bits per heavy atom. The van der Waals surface area contributed by atoms with E-state index in [-0.39, 0.29) is 0 Å². The Morgan fingerprint density at radius 3 is 2.48 bits per heavy atom. The van der Waals surface area contributed by atoms with E-state index < -0.39 is 0 Å². The van der Waals surface area contributed by atoms with E-state index in [0.29, 0.717) is 22.5 Å². The molecule has 0 aromatic rings. The quantitative estimate of drug-likeness (QED) is 0.645. The predicted octanol–water partition coefficient (Wildman–Crippen LogP) is 5.23. The van der Waals surface area contributed by atoms with Gasteiger partial charge in [0.25, 0.3) is 0 Å². The van der Waals surface area contributed by atoms with Gasteiger partial charge < -0.3 is 0 Å². The lowest BCUT2D eigenvalue weighted by Crippen LogP contribution is -2.61. The van der Waals surface area contributed by atoms with E-state index in [1.165, 1.54) is 57.8 Å². The van der Waals surface area contributed by atoms with Crippen LogP contribution in [0.15, 0.2) is 0 Å². The van der Waals surface area contributed by atoms with Crippen LogP contribution in [0.3, 0.4) is 0 Å². The van der Waals surface area contributed by atoms with Crippen LogP contribution in [0.25, 0.3) is 0 Å². The number of fused-ring (bicyclic) bond motifs is 5. The second-order valence-corrected chi connectivity index (χ2v) is 9.35. The van der Waals surface area contributed by atoms with Crippen molar-refractivity contribution < 1.29 is 4.79 Å². The molecule has 4 fully saturated rings. The van der Waals surface area contributed by atoms with Crippen molar-refractivity contribution in [2.75, 3.05) is 0 Å². The number of hydrogen-bond acceptors (Lipinski definition) is 1. The largest absolute Gasteiger partial charge is 0.300 e. The van der Waals surface area contributed by atoms with Crippen molar-refractivity contribution in [2.45, 2.75) is 78.6 Å². The zero-order valence-electron chi connectivity index (χ0n) is 14.2. The van der Waals surface area contributed by atoms with Crippen LogP contribution in [-0.2, 0) is 4.79 Å². The molecule has 0 aromatic heterocycles. The molecular formula is C20H32O. The fraction of sp³-hybridized carbons (Fsp3) is 0.950. The minimum Gasteiger partial charge on any atom is -0.300 e. The SMILES string of the molecule is CC(=O)[C@H]1C[C@H]2[C@@H]3CC[C@H]4CCCC[C@]4(C)[C@H]3CC[C@]12C. The van der Waals surface area contributed by atoms with Gasteiger partial charge in [-0.3, -0.25) is 4.79 Å². The number of rotatable bonds is 1. The van der Waals surface area contributed by atoms with Crippen molar-refractivity contribution >= 4 is 5.78 Å². The molecule has 4 aliphatic carbocycles. The molecule has 0 saturated heterocycles. The van der Waals surface area contributed by atoms with Crippen LogP contribution in [0.1, 0.15) is 78.6 Å². The highest BCUT2D eigenvalue weighted by Gasteiger charge is 2.63. The van der Waals surface area contributed by atoms with Gasteiger partial charge in [0.1, 0.15) is 5.78 Å². The first-order valence-electron chi connectivity index (χ1n) is 9.47. The van der Waals surface area contributed by atoms with Gasteiger partial charge in [0, 0.05) is 5.92 Å². The van der Waals surface area contributed by atoms with Gasteiger partial charge >= 0.3 is 0 Å². The Labute approximate surface area is 130 Å². The molecule has 4 rings (SSSR count). The van der Waals surface area contributed by atoms with Gasteiger partial charge in [-0.25, -0.2) is 0 Å². The van der Waals surface area contributed by atoms with E-state index in [0.717, 1.165) is 23.7 Å². The minimum atomic E-state index is 0.366. The molecular weight excluding hydrogens is 256 g/mol. The Kier molecular flexibility index (Phi) is 3.12. The summed E-state index contributed by atoms with van der Waals surface area (Å²) in [6.07, 6.45) is 12.8. The molecule has 0 radical (unpaired) electrons. The fourth-order valence-electron chi connectivity index (χ4n) is 7.51. The van der Waals surface area contributed by atoms with Crippen molar-refractivity contribution in [1.82, 2.24) is 0 Å². The normalized spacial score (nSPS) is 55.7. The molecule has 118 valence electrons. The highest BCUT2D eigenvalue weighted by Crippen LogP contribution is 2.69. The van der Waals surface area contributed by atoms with Gasteiger partial charge in [-0.2, -0.15) is 0 Å². The standard InChI is InChI=1S/C20H32O/c1-13(21)17-12-18-15-8-7-14-6-4-5-10-19(14,2)16(15)9-11-20(17,18)3/h14-18H,4-12H2,1-3H3/t14-,15-,16+,17-,18+,19+,20-/m1/s1. The summed E-state index contributed by atoms with van der Waals surface area (Å²) in [5.41, 5.74) is 1.01. The van der Waals surface area contributed by atoms with Crippen LogP contribution >= 0.6 is 0 Å². The summed E-state index contributed by atoms with van der Waals surface area (Å²) < 4.78 is 0. The molecule has 0 bridgehead atoms. The maximum Gasteiger partial charge on any atom is 0.133 e. The van der Waals surface area contributed by atoms with Crippen molar-refractivity contribution in [3.63, 3.8) is 0 Å². The van der Waals surface area contributed by atoms with Crippen molar-refractivity contribution in [3.8, 4) is 0 Å². The fourth-order valence-corrected chi connectivity index (χ4v) is 7.51. The summed E-state index contributed by atoms with van der Waals surface area (Å²) in [7, 11) is 0. The van der Waals surface area contributed by atoms with Gasteiger partial charge in [-0.05, 0) is 86.4 Å². The summed E-state index contributed by atoms with van der Waals surface area (Å²) in [5.74, 6) is 4.65. The maximum atomic E-state index is 11.9. The summed E-state index contributed by atoms with van der Waals surface area (Å²) in [5, 5.41) is 0. The van der Waals surface area contributed by atoms with Crippen LogP contribution in [-0.4, -0.2) is 5.78 Å². The second-order valence-electron chi connectivity index (χ2n) is 9.35. The molecule has 0 N–H and O–H groups in total. The second kappa shape index (κ2) is 4.59. The average molecular weight is 288 g/mol. The van der Waals surface area contributed by atoms with Crippen LogP contribution in [0.2, 0.25) is 0 Å². The Morgan fingerprint density at radius 1 is 0.905 bits per heavy atom. The average Bonchev–Trinajstić information content (AvgIpc) is 2.42. The molecule has 4 saturated carbocycles. The van der Waals surface area contributed by atoms with Crippen LogP contribution in [0.5, 0.6) is 0 Å². The van der Waals surface area contributed by atoms with E-state index in [2.05, 4.69) is 13.8 Å². The smallest absolute Gasteiger partial charge is 0.133 e. The molecule has 7 atom stereocenters. The van der Waals surface area contributed by atoms with E-state index in [1.807, 2.05) is 6.92 Å². The highest BCUT2D eigenvalue weighted by atomic mass is 16.1. The lowest BCUT2D eigenvalue weighted by molar-refractivity contribution is -0.185. The monoisotopic (exact) mass is 288 g/mol. The molecule has 0 amide bonds. The van der Waals surface area contributed by atoms with Crippen LogP contribution < -0.4 is 0 Å². The van der Waals surface area contributed by atoms with Crippen molar-refractivity contribution in [1.29, 1.82) is 0 Å².